The Kier molecular flexibility index (Phi) is 8.46. The summed E-state index contributed by atoms with van der Waals surface area (Å²) in [6, 6.07) is 0.738. The van der Waals surface area contributed by atoms with Crippen LogP contribution in [-0.2, 0) is 14.3 Å². The Morgan fingerprint density at radius 2 is 1.54 bits per heavy atom. The fourth-order valence-corrected chi connectivity index (χ4v) is 4.39. The lowest BCUT2D eigenvalue weighted by Crippen LogP contribution is -2.47. The number of piperidine rings is 2. The molecule has 1 atom stereocenters. The molecule has 0 bridgehead atoms. The zero-order valence-electron chi connectivity index (χ0n) is 18.4. The number of aliphatic hydroxyl groups is 1. The minimum absolute atomic E-state index is 0.0604. The van der Waals surface area contributed by atoms with Crippen molar-refractivity contribution in [1.29, 1.82) is 0 Å². The highest BCUT2D eigenvalue weighted by atomic mass is 16.5. The van der Waals surface area contributed by atoms with Crippen LogP contribution in [-0.4, -0.2) is 77.1 Å². The monoisotopic (exact) mass is 396 g/mol. The van der Waals surface area contributed by atoms with E-state index in [1.165, 1.54) is 0 Å². The predicted molar refractivity (Wildman–Crippen MR) is 110 cm³/mol. The van der Waals surface area contributed by atoms with Crippen LogP contribution in [0.5, 0.6) is 0 Å². The Hall–Kier alpha value is -0.980. The lowest BCUT2D eigenvalue weighted by atomic mass is 9.84. The average molecular weight is 397 g/mol. The van der Waals surface area contributed by atoms with Crippen molar-refractivity contribution >= 4 is 11.8 Å². The number of rotatable bonds is 8. The number of ketones is 1. The molecule has 0 amide bonds. The van der Waals surface area contributed by atoms with Gasteiger partial charge in [-0.3, -0.25) is 14.5 Å². The Labute approximate surface area is 170 Å². The Balaban J connectivity index is 1.65. The molecule has 0 aromatic heterocycles. The van der Waals surface area contributed by atoms with Gasteiger partial charge in [0, 0.05) is 24.4 Å². The molecule has 2 rings (SSSR count). The van der Waals surface area contributed by atoms with Gasteiger partial charge in [0.2, 0.25) is 0 Å². The second kappa shape index (κ2) is 10.2. The van der Waals surface area contributed by atoms with E-state index in [9.17, 15) is 14.7 Å². The summed E-state index contributed by atoms with van der Waals surface area (Å²) in [4.78, 5) is 29.2. The van der Waals surface area contributed by atoms with Crippen LogP contribution in [0.1, 0.15) is 66.7 Å². The number of hydrogen-bond acceptors (Lipinski definition) is 6. The van der Waals surface area contributed by atoms with Crippen molar-refractivity contribution in [3.8, 4) is 0 Å². The molecule has 2 heterocycles. The lowest BCUT2D eigenvalue weighted by molar-refractivity contribution is -0.147. The molecule has 2 aliphatic rings. The Morgan fingerprint density at radius 3 is 2.04 bits per heavy atom. The number of carbonyl (C=O) groups excluding carboxylic acids is 2. The van der Waals surface area contributed by atoms with E-state index in [2.05, 4.69) is 30.6 Å². The molecule has 1 unspecified atom stereocenters. The van der Waals surface area contributed by atoms with Crippen LogP contribution in [0.25, 0.3) is 0 Å². The summed E-state index contributed by atoms with van der Waals surface area (Å²) < 4.78 is 5.56. The standard InChI is InChI=1S/C22H40N2O4/c1-16(2)23-10-6-18(7-11-23)14-20(25)28-15-17(3)24-12-8-19(9-13-24)21(26)22(4,5)27/h16-19,27H,6-15H2,1-5H3. The number of likely N-dealkylation sites (tertiary alicyclic amines) is 2. The van der Waals surface area contributed by atoms with Crippen molar-refractivity contribution < 1.29 is 19.4 Å². The highest BCUT2D eigenvalue weighted by Crippen LogP contribution is 2.25. The van der Waals surface area contributed by atoms with Crippen LogP contribution >= 0.6 is 0 Å². The van der Waals surface area contributed by atoms with Crippen molar-refractivity contribution in [2.45, 2.75) is 84.4 Å². The molecule has 0 aliphatic carbocycles. The maximum absolute atomic E-state index is 12.2. The Bertz CT molecular complexity index is 513. The molecule has 2 aliphatic heterocycles. The van der Waals surface area contributed by atoms with Gasteiger partial charge >= 0.3 is 5.97 Å². The first-order valence-electron chi connectivity index (χ1n) is 11.0. The van der Waals surface area contributed by atoms with Crippen molar-refractivity contribution in [3.05, 3.63) is 0 Å². The van der Waals surface area contributed by atoms with Gasteiger partial charge in [0.05, 0.1) is 0 Å². The maximum Gasteiger partial charge on any atom is 0.306 e. The highest BCUT2D eigenvalue weighted by Gasteiger charge is 2.34. The third-order valence-corrected chi connectivity index (χ3v) is 6.45. The molecule has 0 radical (unpaired) electrons. The van der Waals surface area contributed by atoms with Crippen molar-refractivity contribution in [3.63, 3.8) is 0 Å². The van der Waals surface area contributed by atoms with Crippen LogP contribution in [0, 0.1) is 11.8 Å². The fourth-order valence-electron chi connectivity index (χ4n) is 4.39. The first kappa shape index (κ1) is 23.3. The van der Waals surface area contributed by atoms with Crippen molar-refractivity contribution in [2.75, 3.05) is 32.8 Å². The molecule has 6 nitrogen and oxygen atoms in total. The third kappa shape index (κ3) is 6.82. The molecule has 0 spiro atoms. The van der Waals surface area contributed by atoms with Crippen molar-refractivity contribution in [1.82, 2.24) is 9.80 Å². The maximum atomic E-state index is 12.2. The first-order chi connectivity index (χ1) is 13.1. The van der Waals surface area contributed by atoms with Crippen LogP contribution in [0.4, 0.5) is 0 Å². The summed E-state index contributed by atoms with van der Waals surface area (Å²) in [5, 5.41) is 9.91. The average Bonchev–Trinajstić information content (AvgIpc) is 2.65. The number of carbonyl (C=O) groups is 2. The predicted octanol–water partition coefficient (Wildman–Crippen LogP) is 2.48. The number of nitrogens with zero attached hydrogens (tertiary/aromatic N) is 2. The molecule has 2 saturated heterocycles. The number of ether oxygens (including phenoxy) is 1. The van der Waals surface area contributed by atoms with Gasteiger partial charge in [0.15, 0.2) is 5.78 Å². The van der Waals surface area contributed by atoms with E-state index in [0.29, 0.717) is 25.0 Å². The number of hydrogen-bond donors (Lipinski definition) is 1. The van der Waals surface area contributed by atoms with Crippen LogP contribution in [0.15, 0.2) is 0 Å². The first-order valence-corrected chi connectivity index (χ1v) is 11.0. The minimum Gasteiger partial charge on any atom is -0.464 e. The van der Waals surface area contributed by atoms with Crippen molar-refractivity contribution in [2.24, 2.45) is 11.8 Å². The smallest absolute Gasteiger partial charge is 0.306 e. The second-order valence-corrected chi connectivity index (χ2v) is 9.54. The zero-order chi connectivity index (χ0) is 20.9. The molecule has 0 saturated carbocycles. The van der Waals surface area contributed by atoms with Gasteiger partial charge < -0.3 is 14.7 Å². The van der Waals surface area contributed by atoms with Gasteiger partial charge in [-0.2, -0.15) is 0 Å². The van der Waals surface area contributed by atoms with Gasteiger partial charge in [-0.15, -0.1) is 0 Å². The van der Waals surface area contributed by atoms with E-state index in [0.717, 1.165) is 51.9 Å². The van der Waals surface area contributed by atoms with Crippen LogP contribution < -0.4 is 0 Å². The fraction of sp³-hybridized carbons (Fsp3) is 0.909. The molecule has 1 N–H and O–H groups in total. The van der Waals surface area contributed by atoms with Gasteiger partial charge in [-0.05, 0) is 92.4 Å². The third-order valence-electron chi connectivity index (χ3n) is 6.45. The van der Waals surface area contributed by atoms with Gasteiger partial charge in [-0.25, -0.2) is 0 Å². The number of esters is 1. The summed E-state index contributed by atoms with van der Waals surface area (Å²) in [6.07, 6.45) is 4.20. The number of Topliss-reactive ketones (excluding diaryl/α,β-unsaturated/α-hetero) is 1. The van der Waals surface area contributed by atoms with E-state index in [1.807, 2.05) is 0 Å². The summed E-state index contributed by atoms with van der Waals surface area (Å²) in [5.74, 6) is 0.237. The largest absolute Gasteiger partial charge is 0.464 e. The Morgan fingerprint density at radius 1 is 1.00 bits per heavy atom. The molecule has 0 aromatic carbocycles. The summed E-state index contributed by atoms with van der Waals surface area (Å²) >= 11 is 0. The lowest BCUT2D eigenvalue weighted by Gasteiger charge is -2.36. The molecule has 162 valence electrons. The zero-order valence-corrected chi connectivity index (χ0v) is 18.4. The molecule has 2 fully saturated rings. The van der Waals surface area contributed by atoms with E-state index in [1.54, 1.807) is 13.8 Å². The summed E-state index contributed by atoms with van der Waals surface area (Å²) in [6.45, 7) is 13.8. The quantitative estimate of drug-likeness (QED) is 0.636. The summed E-state index contributed by atoms with van der Waals surface area (Å²) in [7, 11) is 0. The highest BCUT2D eigenvalue weighted by molar-refractivity contribution is 5.88. The van der Waals surface area contributed by atoms with Gasteiger partial charge in [0.25, 0.3) is 0 Å². The molecule has 6 heteroatoms. The molecular formula is C22H40N2O4. The van der Waals surface area contributed by atoms with Gasteiger partial charge in [-0.1, -0.05) is 0 Å². The van der Waals surface area contributed by atoms with Gasteiger partial charge in [0.1, 0.15) is 12.2 Å². The van der Waals surface area contributed by atoms with E-state index < -0.39 is 5.60 Å². The van der Waals surface area contributed by atoms with Crippen LogP contribution in [0.3, 0.4) is 0 Å². The second-order valence-electron chi connectivity index (χ2n) is 9.54. The van der Waals surface area contributed by atoms with E-state index >= 15 is 0 Å². The molecule has 28 heavy (non-hydrogen) atoms. The SMILES string of the molecule is CC(C)N1CCC(CC(=O)OCC(C)N2CCC(C(=O)C(C)(C)O)CC2)CC1. The molecule has 0 aromatic rings. The molecular weight excluding hydrogens is 356 g/mol. The van der Waals surface area contributed by atoms with E-state index in [-0.39, 0.29) is 23.7 Å². The van der Waals surface area contributed by atoms with Crippen LogP contribution in [0.2, 0.25) is 0 Å². The topological polar surface area (TPSA) is 70.1 Å². The minimum atomic E-state index is -1.25. The normalized spacial score (nSPS) is 22.4. The summed E-state index contributed by atoms with van der Waals surface area (Å²) in [5.41, 5.74) is -1.25. The van der Waals surface area contributed by atoms with E-state index in [4.69, 9.17) is 4.74 Å².